The summed E-state index contributed by atoms with van der Waals surface area (Å²) in [6.45, 7) is 14.6. The topological polar surface area (TPSA) is 399 Å². The second-order valence-electron chi connectivity index (χ2n) is 24.8. The van der Waals surface area contributed by atoms with Gasteiger partial charge in [-0.25, -0.2) is 19.2 Å². The number of benzene rings is 3. The average molecular weight is 1260 g/mol. The maximum Gasteiger partial charge on any atom is 0.509 e. The third-order valence-electron chi connectivity index (χ3n) is 16.9. The van der Waals surface area contributed by atoms with Crippen LogP contribution in [0.1, 0.15) is 123 Å². The molecule has 1 saturated heterocycles. The zero-order valence-electron chi connectivity index (χ0n) is 51.7. The fraction of sp³-hybridized carbons (Fsp3) is 0.508. The van der Waals surface area contributed by atoms with Crippen LogP contribution in [-0.4, -0.2) is 159 Å². The number of hydrogen-bond acceptors (Lipinski definition) is 21. The number of aliphatic hydroxyl groups is 3. The number of amides is 6. The Kier molecular flexibility index (Phi) is 20.7. The number of fused-ring (bicyclic) bond motifs is 5. The Morgan fingerprint density at radius 3 is 1.96 bits per heavy atom. The number of ether oxygens (including phenoxy) is 7. The molecule has 3 fully saturated rings. The Bertz CT molecular complexity index is 3300. The van der Waals surface area contributed by atoms with Gasteiger partial charge < -0.3 is 80.8 Å². The van der Waals surface area contributed by atoms with E-state index in [1.807, 2.05) is 0 Å². The molecule has 27 heteroatoms. The molecule has 0 aromatic heterocycles. The SMILES string of the molecule is CC(=O)N[C@H](C)C(=O)N[C@H](C)C(=O)N[C@H](CC(N)=O)C(=O)Nc1ccc(COC(=O)O[C@@H](C(=O)O[C@H]2C[C@@]3(O)[C@@H](OC(=O)c4ccccc4)[C@H]4[C@](C)(C(=O)[C@H](O)C(=C2C)C3(C)C)[C@@H](O)CC2OC[C@]24OC(C)=O)[C@@H](NC(=O)OC(C)(C)C)c2ccccc2)cc1. The average Bonchev–Trinajstić information content (AvgIpc) is 0.675. The van der Waals surface area contributed by atoms with E-state index in [0.29, 0.717) is 0 Å². The van der Waals surface area contributed by atoms with Crippen LogP contribution in [0, 0.1) is 16.7 Å². The van der Waals surface area contributed by atoms with Crippen LogP contribution >= 0.6 is 0 Å². The number of ketones is 1. The van der Waals surface area contributed by atoms with E-state index < -0.39 is 179 Å². The number of alkyl carbamates (subject to hydrolysis) is 1. The Morgan fingerprint density at radius 2 is 1.39 bits per heavy atom. The van der Waals surface area contributed by atoms with Crippen LogP contribution in [0.5, 0.6) is 0 Å². The van der Waals surface area contributed by atoms with Gasteiger partial charge in [-0.05, 0) is 95.0 Å². The molecular formula is C63H78N6O21. The van der Waals surface area contributed by atoms with Gasteiger partial charge in [0.05, 0.1) is 36.0 Å². The first-order chi connectivity index (χ1) is 42.0. The van der Waals surface area contributed by atoms with Gasteiger partial charge in [0, 0.05) is 37.8 Å². The van der Waals surface area contributed by atoms with Gasteiger partial charge in [0.1, 0.15) is 66.4 Å². The summed E-state index contributed by atoms with van der Waals surface area (Å²) in [6.07, 6.45) is -14.9. The van der Waals surface area contributed by atoms with Gasteiger partial charge in [-0.2, -0.15) is 0 Å². The Morgan fingerprint density at radius 1 is 0.789 bits per heavy atom. The van der Waals surface area contributed by atoms with Crippen molar-refractivity contribution in [2.75, 3.05) is 11.9 Å². The number of hydrogen-bond donors (Lipinski definition) is 9. The van der Waals surface area contributed by atoms with Crippen molar-refractivity contribution >= 4 is 71.2 Å². The maximum absolute atomic E-state index is 15.4. The standard InChI is InChI=1S/C63H78N6O21/c1-31-41(28-63(83)51(88-55(79)38-20-16-13-17-21-38)49-61(11,50(75)47(74)45(31)60(63,9)10)42(72)27-43-62(49,30-85-43)89-35(5)71)86-56(80)48(46(37-18-14-12-15-19-37)69-57(81)90-59(6,7)8)87-58(82)84-29-36-22-24-39(25-23-36)67-54(78)40(26-44(64)73)68-53(77)33(3)66-52(76)32(2)65-34(4)70/h12-25,32-33,40-43,46-49,51,72,74,83H,26-30H2,1-11H3,(H2,64,73)(H,65,70)(H,66,76)(H,67,78)(H,68,77)(H,69,81)/t32-,33-,40-,41+,42+,43?,46+,47-,48-,49+,51+,61-,62+,63-/m1/s1. The first-order valence-electron chi connectivity index (χ1n) is 29.1. The van der Waals surface area contributed by atoms with Crippen molar-refractivity contribution in [2.45, 2.75) is 180 Å². The molecule has 27 nitrogen and oxygen atoms in total. The van der Waals surface area contributed by atoms with E-state index >= 15 is 9.59 Å². The lowest BCUT2D eigenvalue weighted by Crippen LogP contribution is -2.81. The zero-order chi connectivity index (χ0) is 66.6. The molecule has 7 rings (SSSR count). The molecule has 6 amide bonds. The molecule has 486 valence electrons. The van der Waals surface area contributed by atoms with Gasteiger partial charge in [0.15, 0.2) is 11.4 Å². The Labute approximate surface area is 518 Å². The fourth-order valence-electron chi connectivity index (χ4n) is 12.3. The number of esters is 3. The number of anilines is 1. The highest BCUT2D eigenvalue weighted by atomic mass is 16.7. The minimum atomic E-state index is -2.54. The van der Waals surface area contributed by atoms with Gasteiger partial charge in [0.25, 0.3) is 0 Å². The van der Waals surface area contributed by atoms with E-state index in [0.717, 1.165) is 6.92 Å². The third-order valence-corrected chi connectivity index (χ3v) is 16.9. The highest BCUT2D eigenvalue weighted by Gasteiger charge is 2.78. The molecular weight excluding hydrogens is 1180 g/mol. The minimum absolute atomic E-state index is 0.000883. The van der Waals surface area contributed by atoms with Crippen molar-refractivity contribution in [1.82, 2.24) is 21.3 Å². The molecule has 3 aliphatic carbocycles. The summed E-state index contributed by atoms with van der Waals surface area (Å²) in [5.41, 5.74) is -3.61. The number of nitrogens with two attached hydrogens (primary N) is 1. The van der Waals surface area contributed by atoms with E-state index in [4.69, 9.17) is 38.9 Å². The molecule has 1 aliphatic heterocycles. The molecule has 10 N–H and O–H groups in total. The lowest BCUT2D eigenvalue weighted by Gasteiger charge is -2.67. The second-order valence-corrected chi connectivity index (χ2v) is 24.8. The number of carbonyl (C=O) groups is 11. The predicted molar refractivity (Wildman–Crippen MR) is 314 cm³/mol. The van der Waals surface area contributed by atoms with Crippen LogP contribution in [0.2, 0.25) is 0 Å². The fourth-order valence-corrected chi connectivity index (χ4v) is 12.3. The quantitative estimate of drug-likeness (QED) is 0.0446. The van der Waals surface area contributed by atoms with E-state index in [2.05, 4.69) is 26.6 Å². The van der Waals surface area contributed by atoms with Crippen LogP contribution in [0.25, 0.3) is 0 Å². The van der Waals surface area contributed by atoms with Crippen molar-refractivity contribution in [3.63, 3.8) is 0 Å². The van der Waals surface area contributed by atoms with Crippen molar-refractivity contribution in [2.24, 2.45) is 22.5 Å². The monoisotopic (exact) mass is 1250 g/mol. The largest absolute Gasteiger partial charge is 0.509 e. The highest BCUT2D eigenvalue weighted by Crippen LogP contribution is 2.64. The smallest absolute Gasteiger partial charge is 0.455 e. The van der Waals surface area contributed by atoms with Crippen molar-refractivity contribution in [1.29, 1.82) is 0 Å². The summed E-state index contributed by atoms with van der Waals surface area (Å²) in [4.78, 5) is 148. The van der Waals surface area contributed by atoms with E-state index in [-0.39, 0.29) is 46.6 Å². The van der Waals surface area contributed by atoms with Crippen molar-refractivity contribution in [3.8, 4) is 0 Å². The molecule has 90 heavy (non-hydrogen) atoms. The molecule has 3 aromatic carbocycles. The van der Waals surface area contributed by atoms with E-state index in [1.165, 1.54) is 97.0 Å². The molecule has 14 atom stereocenters. The van der Waals surface area contributed by atoms with Gasteiger partial charge >= 0.3 is 30.2 Å². The minimum Gasteiger partial charge on any atom is -0.455 e. The van der Waals surface area contributed by atoms with Crippen molar-refractivity contribution in [3.05, 3.63) is 113 Å². The summed E-state index contributed by atoms with van der Waals surface area (Å²) in [6, 6.07) is 15.6. The molecule has 0 spiro atoms. The Balaban J connectivity index is 1.20. The number of rotatable bonds is 20. The van der Waals surface area contributed by atoms with Gasteiger partial charge in [-0.1, -0.05) is 74.5 Å². The summed E-state index contributed by atoms with van der Waals surface area (Å²) >= 11 is 0. The zero-order valence-corrected chi connectivity index (χ0v) is 51.7. The maximum atomic E-state index is 15.4. The molecule has 3 aromatic rings. The van der Waals surface area contributed by atoms with Crippen LogP contribution in [0.15, 0.2) is 96.1 Å². The second kappa shape index (κ2) is 27.1. The molecule has 4 aliphatic rings. The summed E-state index contributed by atoms with van der Waals surface area (Å²) in [5, 5.41) is 50.8. The molecule has 2 saturated carbocycles. The van der Waals surface area contributed by atoms with Gasteiger partial charge in [-0.3, -0.25) is 33.6 Å². The number of aliphatic hydroxyl groups excluding tert-OH is 2. The molecule has 2 bridgehead atoms. The predicted octanol–water partition coefficient (Wildman–Crippen LogP) is 2.95. The number of Topliss-reactive ketones (excluding diaryl/α,β-unsaturated/α-hetero) is 1. The third kappa shape index (κ3) is 14.6. The molecule has 1 unspecified atom stereocenters. The van der Waals surface area contributed by atoms with Gasteiger partial charge in [-0.15, -0.1) is 0 Å². The summed E-state index contributed by atoms with van der Waals surface area (Å²) < 4.78 is 41.6. The van der Waals surface area contributed by atoms with Crippen LogP contribution in [0.4, 0.5) is 15.3 Å². The van der Waals surface area contributed by atoms with Crippen LogP contribution < -0.4 is 32.3 Å². The van der Waals surface area contributed by atoms with Crippen molar-refractivity contribution < 1.29 is 101 Å². The van der Waals surface area contributed by atoms with E-state index in [9.17, 15) is 58.5 Å². The molecule has 1 heterocycles. The highest BCUT2D eigenvalue weighted by molar-refractivity contribution is 6.01. The van der Waals surface area contributed by atoms with Crippen LogP contribution in [0.3, 0.4) is 0 Å². The number of carbonyl (C=O) groups excluding carboxylic acids is 11. The van der Waals surface area contributed by atoms with Crippen LogP contribution in [-0.2, 0) is 78.1 Å². The summed E-state index contributed by atoms with van der Waals surface area (Å²) in [7, 11) is 0. The summed E-state index contributed by atoms with van der Waals surface area (Å²) in [5.74, 6) is -9.76. The Hall–Kier alpha value is -8.79. The lowest BCUT2D eigenvalue weighted by atomic mass is 9.44. The molecule has 0 radical (unpaired) electrons. The number of primary amides is 1. The van der Waals surface area contributed by atoms with E-state index in [1.54, 1.807) is 57.2 Å². The number of nitrogens with one attached hydrogen (secondary N) is 5. The first-order valence-corrected chi connectivity index (χ1v) is 29.1. The first kappa shape index (κ1) is 68.7. The van der Waals surface area contributed by atoms with Gasteiger partial charge in [0.2, 0.25) is 35.6 Å². The normalized spacial score (nSPS) is 26.5. The lowest BCUT2D eigenvalue weighted by molar-refractivity contribution is -0.346.